The lowest BCUT2D eigenvalue weighted by atomic mass is 10.0. The maximum Gasteiger partial charge on any atom is 0.222 e. The first-order chi connectivity index (χ1) is 7.53. The minimum atomic E-state index is -0.199. The van der Waals surface area contributed by atoms with Crippen LogP contribution in [-0.2, 0) is 11.3 Å². The van der Waals surface area contributed by atoms with E-state index in [2.05, 4.69) is 11.9 Å². The van der Waals surface area contributed by atoms with Crippen LogP contribution in [0.15, 0.2) is 37.2 Å². The van der Waals surface area contributed by atoms with E-state index in [4.69, 9.17) is 0 Å². The van der Waals surface area contributed by atoms with Crippen molar-refractivity contribution >= 4 is 5.91 Å². The van der Waals surface area contributed by atoms with Crippen molar-refractivity contribution in [3.8, 4) is 0 Å². The number of hydrogen-bond donors (Lipinski definition) is 1. The van der Waals surface area contributed by atoms with Crippen LogP contribution >= 0.6 is 0 Å². The topological polar surface area (TPSA) is 34.0 Å². The van der Waals surface area contributed by atoms with E-state index in [-0.39, 0.29) is 11.4 Å². The number of amides is 1. The molecule has 0 aromatic carbocycles. The van der Waals surface area contributed by atoms with Gasteiger partial charge in [-0.2, -0.15) is 0 Å². The van der Waals surface area contributed by atoms with E-state index < -0.39 is 0 Å². The van der Waals surface area contributed by atoms with Crippen LogP contribution in [0.2, 0.25) is 0 Å². The van der Waals surface area contributed by atoms with E-state index in [1.807, 2.05) is 49.0 Å². The van der Waals surface area contributed by atoms with Crippen molar-refractivity contribution in [2.75, 3.05) is 0 Å². The summed E-state index contributed by atoms with van der Waals surface area (Å²) in [6.45, 7) is 8.41. The summed E-state index contributed by atoms with van der Waals surface area (Å²) in [5.74, 6) is 0.0838. The number of rotatable bonds is 6. The van der Waals surface area contributed by atoms with Gasteiger partial charge in [0.25, 0.3) is 0 Å². The molecule has 0 aliphatic carbocycles. The summed E-state index contributed by atoms with van der Waals surface area (Å²) in [7, 11) is 0. The van der Waals surface area contributed by atoms with Crippen molar-refractivity contribution < 1.29 is 4.79 Å². The monoisotopic (exact) mass is 220 g/mol. The molecule has 0 atom stereocenters. The van der Waals surface area contributed by atoms with Crippen molar-refractivity contribution in [3.05, 3.63) is 37.2 Å². The lowest BCUT2D eigenvalue weighted by Gasteiger charge is -2.24. The Bertz CT molecular complexity index is 339. The summed E-state index contributed by atoms with van der Waals surface area (Å²) in [5.41, 5.74) is -0.199. The molecule has 0 unspecified atom stereocenters. The first-order valence-corrected chi connectivity index (χ1v) is 5.56. The molecule has 1 rings (SSSR count). The van der Waals surface area contributed by atoms with Crippen molar-refractivity contribution in [1.29, 1.82) is 0 Å². The van der Waals surface area contributed by atoms with E-state index in [1.54, 1.807) is 0 Å². The third kappa shape index (κ3) is 4.34. The maximum atomic E-state index is 11.7. The summed E-state index contributed by atoms with van der Waals surface area (Å²) in [4.78, 5) is 11.7. The fraction of sp³-hybridized carbons (Fsp3) is 0.462. The molecule has 1 amide bonds. The molecule has 16 heavy (non-hydrogen) atoms. The zero-order valence-corrected chi connectivity index (χ0v) is 10.1. The lowest BCUT2D eigenvalue weighted by molar-refractivity contribution is -0.122. The Labute approximate surface area is 97.2 Å². The fourth-order valence-electron chi connectivity index (χ4n) is 1.60. The normalized spacial score (nSPS) is 11.1. The number of nitrogens with zero attached hydrogens (tertiary/aromatic N) is 1. The zero-order valence-electron chi connectivity index (χ0n) is 10.1. The molecule has 0 spiro atoms. The van der Waals surface area contributed by atoms with E-state index in [9.17, 15) is 4.79 Å². The average Bonchev–Trinajstić information content (AvgIpc) is 2.66. The Balaban J connectivity index is 2.33. The fourth-order valence-corrected chi connectivity index (χ4v) is 1.60. The van der Waals surface area contributed by atoms with Gasteiger partial charge < -0.3 is 9.88 Å². The van der Waals surface area contributed by atoms with E-state index in [0.29, 0.717) is 6.42 Å². The van der Waals surface area contributed by atoms with Crippen LogP contribution < -0.4 is 5.32 Å². The number of hydrogen-bond acceptors (Lipinski definition) is 1. The first-order valence-electron chi connectivity index (χ1n) is 5.56. The van der Waals surface area contributed by atoms with Gasteiger partial charge >= 0.3 is 0 Å². The molecule has 0 aliphatic heterocycles. The number of nitrogens with one attached hydrogen (secondary N) is 1. The van der Waals surface area contributed by atoms with Gasteiger partial charge in [-0.1, -0.05) is 6.08 Å². The van der Waals surface area contributed by atoms with Gasteiger partial charge in [0.1, 0.15) is 0 Å². The Kier molecular flexibility index (Phi) is 4.35. The Morgan fingerprint density at radius 2 is 2.06 bits per heavy atom. The third-order valence-electron chi connectivity index (χ3n) is 2.40. The second kappa shape index (κ2) is 5.54. The molecule has 0 fully saturated rings. The van der Waals surface area contributed by atoms with Crippen LogP contribution in [-0.4, -0.2) is 16.0 Å². The molecular formula is C13H20N2O. The second-order valence-electron chi connectivity index (χ2n) is 4.60. The summed E-state index contributed by atoms with van der Waals surface area (Å²) in [5, 5.41) is 3.00. The largest absolute Gasteiger partial charge is 0.354 e. The Morgan fingerprint density at radius 3 is 2.62 bits per heavy atom. The van der Waals surface area contributed by atoms with Crippen molar-refractivity contribution in [1.82, 2.24) is 9.88 Å². The average molecular weight is 220 g/mol. The minimum Gasteiger partial charge on any atom is -0.354 e. The minimum absolute atomic E-state index is 0.0838. The molecule has 88 valence electrons. The SMILES string of the molecule is C=CCC(C)(C)NC(=O)CCn1cccc1. The number of carbonyl (C=O) groups excluding carboxylic acids is 1. The number of aromatic nitrogens is 1. The molecule has 0 aliphatic rings. The smallest absolute Gasteiger partial charge is 0.222 e. The molecule has 1 aromatic rings. The highest BCUT2D eigenvalue weighted by molar-refractivity contribution is 5.76. The van der Waals surface area contributed by atoms with Gasteiger partial charge in [0.05, 0.1) is 0 Å². The summed E-state index contributed by atoms with van der Waals surface area (Å²) >= 11 is 0. The van der Waals surface area contributed by atoms with Gasteiger partial charge in [0.2, 0.25) is 5.91 Å². The van der Waals surface area contributed by atoms with Gasteiger partial charge in [0, 0.05) is 30.9 Å². The highest BCUT2D eigenvalue weighted by Crippen LogP contribution is 2.08. The van der Waals surface area contributed by atoms with Crippen LogP contribution in [0.3, 0.4) is 0 Å². The van der Waals surface area contributed by atoms with Gasteiger partial charge in [0.15, 0.2) is 0 Å². The van der Waals surface area contributed by atoms with Gasteiger partial charge in [-0.15, -0.1) is 6.58 Å². The molecular weight excluding hydrogens is 200 g/mol. The standard InChI is InChI=1S/C13H20N2O/c1-4-8-13(2,3)14-12(16)7-11-15-9-5-6-10-15/h4-6,9-10H,1,7-8,11H2,2-3H3,(H,14,16). The van der Waals surface area contributed by atoms with Gasteiger partial charge in [-0.05, 0) is 32.4 Å². The van der Waals surface area contributed by atoms with E-state index in [1.165, 1.54) is 0 Å². The van der Waals surface area contributed by atoms with E-state index in [0.717, 1.165) is 13.0 Å². The van der Waals surface area contributed by atoms with Gasteiger partial charge in [-0.3, -0.25) is 4.79 Å². The molecule has 0 radical (unpaired) electrons. The number of carbonyl (C=O) groups is 1. The van der Waals surface area contributed by atoms with Crippen LogP contribution in [0.5, 0.6) is 0 Å². The Hall–Kier alpha value is -1.51. The van der Waals surface area contributed by atoms with Gasteiger partial charge in [-0.25, -0.2) is 0 Å². The van der Waals surface area contributed by atoms with Crippen LogP contribution in [0.25, 0.3) is 0 Å². The van der Waals surface area contributed by atoms with Crippen molar-refractivity contribution in [2.45, 2.75) is 38.8 Å². The molecule has 1 aromatic heterocycles. The van der Waals surface area contributed by atoms with Crippen LogP contribution in [0.1, 0.15) is 26.7 Å². The van der Waals surface area contributed by atoms with Crippen LogP contribution in [0.4, 0.5) is 0 Å². The van der Waals surface area contributed by atoms with Crippen LogP contribution in [0, 0.1) is 0 Å². The molecule has 1 N–H and O–H groups in total. The predicted octanol–water partition coefficient (Wildman–Crippen LogP) is 2.35. The van der Waals surface area contributed by atoms with E-state index >= 15 is 0 Å². The summed E-state index contributed by atoms with van der Waals surface area (Å²) < 4.78 is 2.00. The summed E-state index contributed by atoms with van der Waals surface area (Å²) in [6.07, 6.45) is 7.04. The summed E-state index contributed by atoms with van der Waals surface area (Å²) in [6, 6.07) is 3.92. The zero-order chi connectivity index (χ0) is 12.0. The van der Waals surface area contributed by atoms with Crippen molar-refractivity contribution in [3.63, 3.8) is 0 Å². The molecule has 0 bridgehead atoms. The number of aryl methyl sites for hydroxylation is 1. The van der Waals surface area contributed by atoms with Crippen molar-refractivity contribution in [2.24, 2.45) is 0 Å². The molecule has 1 heterocycles. The predicted molar refractivity (Wildman–Crippen MR) is 66.1 cm³/mol. The highest BCUT2D eigenvalue weighted by Gasteiger charge is 2.17. The highest BCUT2D eigenvalue weighted by atomic mass is 16.1. The molecule has 3 nitrogen and oxygen atoms in total. The lowest BCUT2D eigenvalue weighted by Crippen LogP contribution is -2.43. The quantitative estimate of drug-likeness (QED) is 0.734. The maximum absolute atomic E-state index is 11.7. The second-order valence-corrected chi connectivity index (χ2v) is 4.60. The third-order valence-corrected chi connectivity index (χ3v) is 2.40. The molecule has 0 saturated carbocycles. The first kappa shape index (κ1) is 12.6. The molecule has 3 heteroatoms. The Morgan fingerprint density at radius 1 is 1.44 bits per heavy atom. The molecule has 0 saturated heterocycles.